The van der Waals surface area contributed by atoms with Crippen LogP contribution in [-0.4, -0.2) is 23.0 Å². The van der Waals surface area contributed by atoms with Crippen LogP contribution < -0.4 is 21.3 Å². The third-order valence-electron chi connectivity index (χ3n) is 3.23. The molecule has 0 atom stereocenters. The molecule has 0 spiro atoms. The summed E-state index contributed by atoms with van der Waals surface area (Å²) in [6.07, 6.45) is 0.686. The van der Waals surface area contributed by atoms with Crippen LogP contribution in [-0.2, 0) is 6.42 Å². The van der Waals surface area contributed by atoms with Crippen molar-refractivity contribution in [3.8, 4) is 0 Å². The largest absolute Gasteiger partial charge is 0.328 e. The second-order valence-corrected chi connectivity index (χ2v) is 6.23. The second kappa shape index (κ2) is 10.0. The molecule has 0 heterocycles. The minimum absolute atomic E-state index is 0.266. The smallest absolute Gasteiger partial charge is 0.319 e. The number of anilines is 2. The number of rotatable bonds is 6. The molecule has 0 bridgehead atoms. The summed E-state index contributed by atoms with van der Waals surface area (Å²) in [5.74, 6) is 0. The molecule has 0 aromatic heterocycles. The molecule has 0 aliphatic heterocycles. The number of hydrogen-bond acceptors (Lipinski definition) is 2. The first-order valence-corrected chi connectivity index (χ1v) is 9.74. The van der Waals surface area contributed by atoms with Gasteiger partial charge in [-0.25, -0.2) is 9.59 Å². The summed E-state index contributed by atoms with van der Waals surface area (Å²) in [5.41, 5.74) is 4.34. The van der Waals surface area contributed by atoms with Gasteiger partial charge in [-0.15, -0.1) is 0 Å². The molecule has 0 unspecified atom stereocenters. The molecule has 0 fully saturated rings. The number of halogens is 2. The Morgan fingerprint density at radius 3 is 1.60 bits per heavy atom. The predicted molar refractivity (Wildman–Crippen MR) is 108 cm³/mol. The van der Waals surface area contributed by atoms with Gasteiger partial charge in [0.2, 0.25) is 0 Å². The Morgan fingerprint density at radius 2 is 1.20 bits per heavy atom. The number of nitrogens with one attached hydrogen (secondary N) is 4. The number of carbonyl (C=O) groups excluding carboxylic acids is 2. The highest BCUT2D eigenvalue weighted by atomic mass is 79.9. The highest BCUT2D eigenvalue weighted by molar-refractivity contribution is 9.09. The summed E-state index contributed by atoms with van der Waals surface area (Å²) in [4.78, 5) is 23.2. The first kappa shape index (κ1) is 19.3. The fraction of sp³-hybridized carbons (Fsp3) is 0.176. The van der Waals surface area contributed by atoms with Crippen LogP contribution in [0.15, 0.2) is 48.5 Å². The lowest BCUT2D eigenvalue weighted by molar-refractivity contribution is 0.253. The predicted octanol–water partition coefficient (Wildman–Crippen LogP) is 4.23. The van der Waals surface area contributed by atoms with Gasteiger partial charge in [0.1, 0.15) is 0 Å². The van der Waals surface area contributed by atoms with E-state index in [4.69, 9.17) is 0 Å². The maximum Gasteiger partial charge on any atom is 0.319 e. The van der Waals surface area contributed by atoms with Gasteiger partial charge in [0.05, 0.1) is 10.9 Å². The zero-order valence-electron chi connectivity index (χ0n) is 13.3. The monoisotopic (exact) mass is 468 g/mol. The van der Waals surface area contributed by atoms with Gasteiger partial charge in [0.25, 0.3) is 0 Å². The molecule has 0 saturated carbocycles. The van der Waals surface area contributed by atoms with E-state index in [-0.39, 0.29) is 12.1 Å². The summed E-state index contributed by atoms with van der Waals surface area (Å²) in [6.45, 7) is 0. The Kier molecular flexibility index (Phi) is 7.75. The van der Waals surface area contributed by atoms with Crippen molar-refractivity contribution in [1.82, 2.24) is 10.6 Å². The molecule has 4 amide bonds. The Labute approximate surface area is 163 Å². The first-order valence-electron chi connectivity index (χ1n) is 7.50. The van der Waals surface area contributed by atoms with Crippen molar-refractivity contribution in [2.45, 2.75) is 6.42 Å². The topological polar surface area (TPSA) is 82.3 Å². The van der Waals surface area contributed by atoms with Crippen molar-refractivity contribution in [1.29, 1.82) is 0 Å². The third-order valence-corrected chi connectivity index (χ3v) is 3.79. The maximum atomic E-state index is 11.6. The molecule has 4 N–H and O–H groups in total. The highest BCUT2D eigenvalue weighted by Gasteiger charge is 2.04. The molecule has 0 aliphatic rings. The molecule has 6 nitrogen and oxygen atoms in total. The van der Waals surface area contributed by atoms with Crippen LogP contribution in [0.2, 0.25) is 0 Å². The minimum Gasteiger partial charge on any atom is -0.328 e. The van der Waals surface area contributed by atoms with E-state index in [9.17, 15) is 9.59 Å². The Balaban J connectivity index is 2.04. The summed E-state index contributed by atoms with van der Waals surface area (Å²) in [5, 5.41) is 10.8. The standard InChI is InChI=1S/C17H18Br2N4O2/c18-10-20-16(24)22-14-5-1-3-12(8-14)7-13-4-2-6-15(9-13)23-17(25)21-11-19/h1-6,8-9H,7,10-11H2,(H2,20,22,24)(H2,21,23,25). The van der Waals surface area contributed by atoms with Crippen LogP contribution in [0.25, 0.3) is 0 Å². The molecule has 0 radical (unpaired) electrons. The zero-order valence-corrected chi connectivity index (χ0v) is 16.5. The van der Waals surface area contributed by atoms with Gasteiger partial charge in [-0.2, -0.15) is 0 Å². The van der Waals surface area contributed by atoms with E-state index in [1.54, 1.807) is 0 Å². The van der Waals surface area contributed by atoms with Gasteiger partial charge in [-0.3, -0.25) is 0 Å². The number of amides is 4. The van der Waals surface area contributed by atoms with E-state index in [1.165, 1.54) is 0 Å². The van der Waals surface area contributed by atoms with Gasteiger partial charge in [-0.05, 0) is 41.8 Å². The summed E-state index contributed by atoms with van der Waals surface area (Å²) >= 11 is 6.29. The van der Waals surface area contributed by atoms with Crippen LogP contribution in [0.4, 0.5) is 21.0 Å². The molecule has 25 heavy (non-hydrogen) atoms. The summed E-state index contributed by atoms with van der Waals surface area (Å²) in [6, 6.07) is 14.7. The Hall–Kier alpha value is -2.06. The maximum absolute atomic E-state index is 11.6. The SMILES string of the molecule is O=C(NCBr)Nc1cccc(Cc2cccc(NC(=O)NCBr)c2)c1. The molecular formula is C17H18Br2N4O2. The summed E-state index contributed by atoms with van der Waals surface area (Å²) < 4.78 is 0. The van der Waals surface area contributed by atoms with Crippen LogP contribution in [0.3, 0.4) is 0 Å². The number of carbonyl (C=O) groups is 2. The average Bonchev–Trinajstić information content (AvgIpc) is 2.56. The van der Waals surface area contributed by atoms with Gasteiger partial charge < -0.3 is 21.3 Å². The molecule has 132 valence electrons. The Bertz CT molecular complexity index is 679. The number of urea groups is 2. The van der Waals surface area contributed by atoms with Crippen LogP contribution in [0.1, 0.15) is 11.1 Å². The number of hydrogen-bond donors (Lipinski definition) is 4. The van der Waals surface area contributed by atoms with E-state index in [1.807, 2.05) is 48.5 Å². The molecule has 0 saturated heterocycles. The van der Waals surface area contributed by atoms with Crippen molar-refractivity contribution in [3.05, 3.63) is 59.7 Å². The van der Waals surface area contributed by atoms with Gasteiger partial charge in [0.15, 0.2) is 0 Å². The fourth-order valence-corrected chi connectivity index (χ4v) is 2.74. The second-order valence-electron chi connectivity index (χ2n) is 5.11. The molecule has 0 aliphatic carbocycles. The minimum atomic E-state index is -0.266. The molecular weight excluding hydrogens is 452 g/mol. The molecule has 2 aromatic rings. The lowest BCUT2D eigenvalue weighted by Gasteiger charge is -2.09. The number of alkyl halides is 2. The van der Waals surface area contributed by atoms with Gasteiger partial charge >= 0.3 is 12.1 Å². The quantitative estimate of drug-likeness (QED) is 0.377. The van der Waals surface area contributed by atoms with Crippen molar-refractivity contribution in [2.75, 3.05) is 21.5 Å². The van der Waals surface area contributed by atoms with Crippen LogP contribution >= 0.6 is 31.9 Å². The zero-order chi connectivity index (χ0) is 18.1. The van der Waals surface area contributed by atoms with E-state index in [0.717, 1.165) is 22.5 Å². The van der Waals surface area contributed by atoms with Crippen LogP contribution in [0.5, 0.6) is 0 Å². The average molecular weight is 470 g/mol. The lowest BCUT2D eigenvalue weighted by atomic mass is 10.0. The van der Waals surface area contributed by atoms with Gasteiger partial charge in [0, 0.05) is 11.4 Å². The van der Waals surface area contributed by atoms with Gasteiger partial charge in [-0.1, -0.05) is 56.1 Å². The van der Waals surface area contributed by atoms with Crippen molar-refractivity contribution < 1.29 is 9.59 Å². The Morgan fingerprint density at radius 1 is 0.760 bits per heavy atom. The van der Waals surface area contributed by atoms with Crippen molar-refractivity contribution in [3.63, 3.8) is 0 Å². The lowest BCUT2D eigenvalue weighted by Crippen LogP contribution is -2.27. The fourth-order valence-electron chi connectivity index (χ4n) is 2.23. The van der Waals surface area contributed by atoms with E-state index >= 15 is 0 Å². The molecule has 2 aromatic carbocycles. The van der Waals surface area contributed by atoms with E-state index < -0.39 is 0 Å². The summed E-state index contributed by atoms with van der Waals surface area (Å²) in [7, 11) is 0. The molecule has 8 heteroatoms. The van der Waals surface area contributed by atoms with E-state index in [2.05, 4.69) is 53.1 Å². The highest BCUT2D eigenvalue weighted by Crippen LogP contribution is 2.17. The van der Waals surface area contributed by atoms with E-state index in [0.29, 0.717) is 17.3 Å². The first-order chi connectivity index (χ1) is 12.1. The molecule has 2 rings (SSSR count). The van der Waals surface area contributed by atoms with Crippen molar-refractivity contribution >= 4 is 55.3 Å². The van der Waals surface area contributed by atoms with Crippen molar-refractivity contribution in [2.24, 2.45) is 0 Å². The third kappa shape index (κ3) is 6.75. The number of benzene rings is 2. The normalized spacial score (nSPS) is 10.0. The van der Waals surface area contributed by atoms with Crippen LogP contribution in [0, 0.1) is 0 Å².